The zero-order valence-corrected chi connectivity index (χ0v) is 18.1. The maximum absolute atomic E-state index is 13.0. The molecule has 0 atom stereocenters. The maximum Gasteiger partial charge on any atom is 0.332 e. The molecule has 1 aliphatic rings. The van der Waals surface area contributed by atoms with Gasteiger partial charge in [0.25, 0.3) is 5.56 Å². The van der Waals surface area contributed by atoms with Gasteiger partial charge in [-0.05, 0) is 24.5 Å². The molecule has 31 heavy (non-hydrogen) atoms. The molecule has 9 nitrogen and oxygen atoms in total. The van der Waals surface area contributed by atoms with Crippen LogP contribution < -0.4 is 11.2 Å². The summed E-state index contributed by atoms with van der Waals surface area (Å²) < 4.78 is 2.89. The second-order valence-corrected chi connectivity index (χ2v) is 7.93. The minimum atomic E-state index is -0.322. The lowest BCUT2D eigenvalue weighted by molar-refractivity contribution is 0.454. The van der Waals surface area contributed by atoms with E-state index in [9.17, 15) is 9.59 Å². The minimum absolute atomic E-state index is 0.285. The molecule has 0 saturated carbocycles. The fraction of sp³-hybridized carbons (Fsp3) is 0.429. The average molecular weight is 442 g/mol. The smallest absolute Gasteiger partial charge is 0.278 e. The van der Waals surface area contributed by atoms with Gasteiger partial charge in [-0.1, -0.05) is 55.3 Å². The second kappa shape index (κ2) is 9.38. The number of benzene rings is 1. The Morgan fingerprint density at radius 2 is 1.74 bits per heavy atom. The fourth-order valence-electron chi connectivity index (χ4n) is 3.61. The third kappa shape index (κ3) is 4.51. The van der Waals surface area contributed by atoms with Crippen LogP contribution in [0, 0.1) is 0 Å². The first-order chi connectivity index (χ1) is 15.1. The van der Waals surface area contributed by atoms with Gasteiger partial charge in [0.15, 0.2) is 0 Å². The van der Waals surface area contributed by atoms with Gasteiger partial charge >= 0.3 is 5.69 Å². The monoisotopic (exact) mass is 441 g/mol. The molecular formula is C21H24ClN7O2. The Balaban J connectivity index is 1.44. The number of hydrogen-bond acceptors (Lipinski definition) is 6. The summed E-state index contributed by atoms with van der Waals surface area (Å²) in [4.78, 5) is 31.6. The predicted octanol–water partition coefficient (Wildman–Crippen LogP) is 2.77. The van der Waals surface area contributed by atoms with Crippen LogP contribution in [0.3, 0.4) is 0 Å². The van der Waals surface area contributed by atoms with Gasteiger partial charge in [0, 0.05) is 25.1 Å². The Labute approximate surface area is 184 Å². The van der Waals surface area contributed by atoms with E-state index in [1.54, 1.807) is 9.36 Å². The van der Waals surface area contributed by atoms with E-state index in [1.165, 1.54) is 4.57 Å². The second-order valence-electron chi connectivity index (χ2n) is 7.49. The molecule has 3 heterocycles. The van der Waals surface area contributed by atoms with Gasteiger partial charge < -0.3 is 0 Å². The lowest BCUT2D eigenvalue weighted by Crippen LogP contribution is -2.41. The van der Waals surface area contributed by atoms with E-state index in [4.69, 9.17) is 11.6 Å². The Kier molecular flexibility index (Phi) is 6.41. The number of aliphatic imine (C=N–C) groups is 1. The standard InChI is InChI=1S/C21H24ClN7O2/c1-2-3-11-27-19-16(14-17(22)23-19)20(30)28(21(27)31)12-7-8-13-29-25-18(24-26-29)15-9-5-4-6-10-15/h4-6,9-10H,2-3,7-8,11-14H2,1H3. The van der Waals surface area contributed by atoms with E-state index in [0.29, 0.717) is 54.9 Å². The Morgan fingerprint density at radius 1 is 1.00 bits per heavy atom. The summed E-state index contributed by atoms with van der Waals surface area (Å²) in [5.41, 5.74) is 0.799. The van der Waals surface area contributed by atoms with Crippen LogP contribution in [0.15, 0.2) is 44.9 Å². The van der Waals surface area contributed by atoms with E-state index < -0.39 is 0 Å². The van der Waals surface area contributed by atoms with Crippen molar-refractivity contribution in [3.05, 3.63) is 56.7 Å². The molecule has 0 amide bonds. The number of tetrazole rings is 1. The highest BCUT2D eigenvalue weighted by atomic mass is 35.5. The van der Waals surface area contributed by atoms with Gasteiger partial charge in [-0.2, -0.15) is 4.80 Å². The van der Waals surface area contributed by atoms with Crippen LogP contribution in [0.2, 0.25) is 0 Å². The third-order valence-corrected chi connectivity index (χ3v) is 5.47. The average Bonchev–Trinajstić information content (AvgIpc) is 3.40. The highest BCUT2D eigenvalue weighted by molar-refractivity contribution is 6.66. The quantitative estimate of drug-likeness (QED) is 0.475. The summed E-state index contributed by atoms with van der Waals surface area (Å²) in [6.45, 7) is 3.46. The molecule has 0 bridgehead atoms. The van der Waals surface area contributed by atoms with Gasteiger partial charge in [-0.3, -0.25) is 13.9 Å². The summed E-state index contributed by atoms with van der Waals surface area (Å²) in [5, 5.41) is 12.9. The van der Waals surface area contributed by atoms with Crippen molar-refractivity contribution in [3.8, 4) is 11.4 Å². The first-order valence-corrected chi connectivity index (χ1v) is 10.9. The van der Waals surface area contributed by atoms with Crippen LogP contribution in [0.4, 0.5) is 5.82 Å². The lowest BCUT2D eigenvalue weighted by Gasteiger charge is -2.13. The summed E-state index contributed by atoms with van der Waals surface area (Å²) in [5.74, 6) is 0.996. The van der Waals surface area contributed by atoms with Crippen molar-refractivity contribution < 1.29 is 0 Å². The zero-order chi connectivity index (χ0) is 21.8. The number of hydrogen-bond donors (Lipinski definition) is 0. The van der Waals surface area contributed by atoms with Crippen molar-refractivity contribution in [3.63, 3.8) is 0 Å². The number of aryl methyl sites for hydroxylation is 1. The molecule has 1 aliphatic heterocycles. The number of unbranched alkanes of at least 4 members (excludes halogenated alkanes) is 2. The molecule has 0 aliphatic carbocycles. The van der Waals surface area contributed by atoms with Crippen LogP contribution in [0.25, 0.3) is 11.4 Å². The Morgan fingerprint density at radius 3 is 2.52 bits per heavy atom. The third-order valence-electron chi connectivity index (χ3n) is 5.25. The highest BCUT2D eigenvalue weighted by Crippen LogP contribution is 2.24. The molecule has 2 aromatic heterocycles. The molecule has 0 spiro atoms. The van der Waals surface area contributed by atoms with Crippen molar-refractivity contribution in [1.82, 2.24) is 29.3 Å². The summed E-state index contributed by atoms with van der Waals surface area (Å²) in [6, 6.07) is 9.65. The van der Waals surface area contributed by atoms with Crippen LogP contribution >= 0.6 is 11.6 Å². The van der Waals surface area contributed by atoms with Crippen molar-refractivity contribution in [2.45, 2.75) is 58.7 Å². The van der Waals surface area contributed by atoms with Crippen LogP contribution in [0.5, 0.6) is 0 Å². The molecule has 1 aromatic carbocycles. The number of rotatable bonds is 9. The van der Waals surface area contributed by atoms with E-state index >= 15 is 0 Å². The summed E-state index contributed by atoms with van der Waals surface area (Å²) in [7, 11) is 0. The van der Waals surface area contributed by atoms with E-state index in [-0.39, 0.29) is 17.7 Å². The highest BCUT2D eigenvalue weighted by Gasteiger charge is 2.24. The lowest BCUT2D eigenvalue weighted by atomic mass is 10.2. The Hall–Kier alpha value is -3.07. The topological polar surface area (TPSA) is 100.0 Å². The molecule has 3 aromatic rings. The molecule has 0 radical (unpaired) electrons. The van der Waals surface area contributed by atoms with E-state index in [0.717, 1.165) is 18.4 Å². The number of nitrogens with zero attached hydrogens (tertiary/aromatic N) is 7. The minimum Gasteiger partial charge on any atom is -0.278 e. The molecule has 10 heteroatoms. The van der Waals surface area contributed by atoms with Crippen LogP contribution in [-0.2, 0) is 26.1 Å². The molecular weight excluding hydrogens is 418 g/mol. The fourth-order valence-corrected chi connectivity index (χ4v) is 3.82. The Bertz CT molecular complexity index is 1210. The van der Waals surface area contributed by atoms with E-state index in [1.807, 2.05) is 30.3 Å². The molecule has 162 valence electrons. The van der Waals surface area contributed by atoms with Crippen LogP contribution in [-0.4, -0.2) is 34.5 Å². The van der Waals surface area contributed by atoms with Gasteiger partial charge in [-0.15, -0.1) is 10.2 Å². The van der Waals surface area contributed by atoms with Crippen molar-refractivity contribution >= 4 is 22.6 Å². The molecule has 0 unspecified atom stereocenters. The van der Waals surface area contributed by atoms with Crippen LogP contribution in [0.1, 0.15) is 38.2 Å². The predicted molar refractivity (Wildman–Crippen MR) is 119 cm³/mol. The number of aromatic nitrogens is 6. The normalized spacial score (nSPS) is 12.8. The SMILES string of the molecule is CCCCn1c2c(c(=O)n(CCCCn3nnc(-c4ccccc4)n3)c1=O)CC(Cl)=N2. The van der Waals surface area contributed by atoms with Crippen molar-refractivity contribution in [2.24, 2.45) is 4.99 Å². The molecule has 0 saturated heterocycles. The summed E-state index contributed by atoms with van der Waals surface area (Å²) >= 11 is 6.06. The first-order valence-electron chi connectivity index (χ1n) is 10.5. The van der Waals surface area contributed by atoms with E-state index in [2.05, 4.69) is 27.3 Å². The maximum atomic E-state index is 13.0. The largest absolute Gasteiger partial charge is 0.332 e. The molecule has 0 N–H and O–H groups in total. The molecule has 0 fully saturated rings. The van der Waals surface area contributed by atoms with Crippen molar-refractivity contribution in [1.29, 1.82) is 0 Å². The van der Waals surface area contributed by atoms with Gasteiger partial charge in [0.05, 0.1) is 12.1 Å². The number of fused-ring (bicyclic) bond motifs is 1. The zero-order valence-electron chi connectivity index (χ0n) is 17.4. The van der Waals surface area contributed by atoms with Gasteiger partial charge in [0.2, 0.25) is 5.82 Å². The summed E-state index contributed by atoms with van der Waals surface area (Å²) in [6.07, 6.45) is 3.40. The molecule has 4 rings (SSSR count). The van der Waals surface area contributed by atoms with Gasteiger partial charge in [0.1, 0.15) is 11.0 Å². The van der Waals surface area contributed by atoms with Crippen molar-refractivity contribution in [2.75, 3.05) is 0 Å². The first kappa shape index (κ1) is 21.2. The van der Waals surface area contributed by atoms with Gasteiger partial charge in [-0.25, -0.2) is 9.79 Å². The number of halogens is 1.